The summed E-state index contributed by atoms with van der Waals surface area (Å²) in [7, 11) is -3.46. The summed E-state index contributed by atoms with van der Waals surface area (Å²) >= 11 is 1.48. The van der Waals surface area contributed by atoms with Gasteiger partial charge in [0.15, 0.2) is 0 Å². The largest absolute Gasteiger partial charge is 0.345 e. The van der Waals surface area contributed by atoms with Crippen LogP contribution in [-0.2, 0) is 10.0 Å². The first-order chi connectivity index (χ1) is 12.2. The van der Waals surface area contributed by atoms with E-state index in [1.54, 1.807) is 24.3 Å². The van der Waals surface area contributed by atoms with Crippen molar-refractivity contribution in [3.8, 4) is 0 Å². The Labute approximate surface area is 160 Å². The van der Waals surface area contributed by atoms with Gasteiger partial charge in [0.1, 0.15) is 0 Å². The van der Waals surface area contributed by atoms with E-state index in [0.717, 1.165) is 16.0 Å². The van der Waals surface area contributed by atoms with E-state index >= 15 is 0 Å². The first-order valence-electron chi connectivity index (χ1n) is 8.68. The second-order valence-electron chi connectivity index (χ2n) is 6.20. The molecule has 1 amide bonds. The molecule has 1 N–H and O–H groups in total. The quantitative estimate of drug-likeness (QED) is 0.775. The highest BCUT2D eigenvalue weighted by atomic mass is 32.2. The van der Waals surface area contributed by atoms with Gasteiger partial charge in [-0.1, -0.05) is 26.0 Å². The molecule has 1 heterocycles. The smallest absolute Gasteiger partial charge is 0.261 e. The van der Waals surface area contributed by atoms with Crippen molar-refractivity contribution in [3.63, 3.8) is 0 Å². The molecule has 0 aliphatic rings. The first-order valence-corrected chi connectivity index (χ1v) is 10.9. The number of rotatable bonds is 7. The van der Waals surface area contributed by atoms with Gasteiger partial charge in [0.05, 0.1) is 15.8 Å². The third kappa shape index (κ3) is 4.34. The fourth-order valence-electron chi connectivity index (χ4n) is 2.68. The molecule has 2 aromatic rings. The monoisotopic (exact) mass is 394 g/mol. The van der Waals surface area contributed by atoms with E-state index in [9.17, 15) is 13.2 Å². The van der Waals surface area contributed by atoms with Crippen LogP contribution in [0.15, 0.2) is 35.2 Å². The lowest BCUT2D eigenvalue weighted by molar-refractivity contribution is 0.0944. The molecule has 0 aliphatic heterocycles. The van der Waals surface area contributed by atoms with Crippen LogP contribution < -0.4 is 5.32 Å². The van der Waals surface area contributed by atoms with Crippen molar-refractivity contribution in [1.29, 1.82) is 0 Å². The minimum absolute atomic E-state index is 0.112. The van der Waals surface area contributed by atoms with Gasteiger partial charge >= 0.3 is 0 Å². The summed E-state index contributed by atoms with van der Waals surface area (Å²) in [6.45, 7) is 10.4. The minimum atomic E-state index is -3.46. The molecule has 2 rings (SSSR count). The maximum Gasteiger partial charge on any atom is 0.261 e. The number of carbonyl (C=O) groups is 1. The molecule has 5 nitrogen and oxygen atoms in total. The molecule has 0 saturated carbocycles. The number of sulfonamides is 1. The summed E-state index contributed by atoms with van der Waals surface area (Å²) in [5, 5.41) is 2.97. The van der Waals surface area contributed by atoms with E-state index < -0.39 is 10.0 Å². The van der Waals surface area contributed by atoms with Gasteiger partial charge in [-0.15, -0.1) is 11.3 Å². The molecule has 26 heavy (non-hydrogen) atoms. The number of hydrogen-bond acceptors (Lipinski definition) is 4. The van der Waals surface area contributed by atoms with Gasteiger partial charge in [-0.2, -0.15) is 4.31 Å². The second-order valence-corrected chi connectivity index (χ2v) is 9.40. The molecule has 142 valence electrons. The van der Waals surface area contributed by atoms with Crippen LogP contribution in [0.2, 0.25) is 0 Å². The van der Waals surface area contributed by atoms with Crippen LogP contribution >= 0.6 is 11.3 Å². The summed E-state index contributed by atoms with van der Waals surface area (Å²) in [6.07, 6.45) is 0. The average molecular weight is 395 g/mol. The molecule has 0 aliphatic carbocycles. The Bertz CT molecular complexity index is 847. The molecular weight excluding hydrogens is 368 g/mol. The van der Waals surface area contributed by atoms with Gasteiger partial charge in [-0.3, -0.25) is 4.79 Å². The van der Waals surface area contributed by atoms with Crippen molar-refractivity contribution in [2.45, 2.75) is 45.6 Å². The van der Waals surface area contributed by atoms with Gasteiger partial charge < -0.3 is 5.32 Å². The Morgan fingerprint density at radius 3 is 2.19 bits per heavy atom. The lowest BCUT2D eigenvalue weighted by Crippen LogP contribution is -2.30. The summed E-state index contributed by atoms with van der Waals surface area (Å²) in [5.74, 6) is -0.112. The van der Waals surface area contributed by atoms with Crippen LogP contribution in [0.25, 0.3) is 0 Å². The van der Waals surface area contributed by atoms with Crippen molar-refractivity contribution in [3.05, 3.63) is 51.2 Å². The van der Waals surface area contributed by atoms with Crippen LogP contribution in [-0.4, -0.2) is 31.7 Å². The maximum atomic E-state index is 12.5. The molecule has 1 unspecified atom stereocenters. The first kappa shape index (κ1) is 20.6. The van der Waals surface area contributed by atoms with Crippen LogP contribution in [0, 0.1) is 13.8 Å². The van der Waals surface area contributed by atoms with E-state index in [2.05, 4.69) is 5.32 Å². The zero-order valence-corrected chi connectivity index (χ0v) is 17.5. The van der Waals surface area contributed by atoms with Crippen LogP contribution in [0.1, 0.15) is 52.5 Å². The minimum Gasteiger partial charge on any atom is -0.345 e. The van der Waals surface area contributed by atoms with Crippen molar-refractivity contribution in [2.24, 2.45) is 0 Å². The molecule has 1 atom stereocenters. The summed E-state index contributed by atoms with van der Waals surface area (Å²) in [6, 6.07) is 8.40. The highest BCUT2D eigenvalue weighted by Crippen LogP contribution is 2.23. The summed E-state index contributed by atoms with van der Waals surface area (Å²) in [4.78, 5) is 14.5. The highest BCUT2D eigenvalue weighted by molar-refractivity contribution is 7.89. The van der Waals surface area contributed by atoms with E-state index in [4.69, 9.17) is 0 Å². The lowest BCUT2D eigenvalue weighted by Gasteiger charge is -2.19. The highest BCUT2D eigenvalue weighted by Gasteiger charge is 2.22. The standard InChI is InChI=1S/C19H26N2O3S2/c1-6-21(7-2)26(23,24)17-10-8-16(9-11-17)14(4)20-19(22)18-12-13(3)15(5)25-18/h8-12,14H,6-7H2,1-5H3,(H,20,22). The fourth-order valence-corrected chi connectivity index (χ4v) is 5.07. The van der Waals surface area contributed by atoms with Gasteiger partial charge in [0, 0.05) is 18.0 Å². The van der Waals surface area contributed by atoms with Crippen molar-refractivity contribution in [2.75, 3.05) is 13.1 Å². The number of carbonyl (C=O) groups excluding carboxylic acids is 1. The molecule has 0 saturated heterocycles. The van der Waals surface area contributed by atoms with Crippen molar-refractivity contribution < 1.29 is 13.2 Å². The van der Waals surface area contributed by atoms with Crippen molar-refractivity contribution in [1.82, 2.24) is 9.62 Å². The normalized spacial score (nSPS) is 13.0. The molecule has 1 aromatic carbocycles. The average Bonchev–Trinajstić information content (AvgIpc) is 2.95. The van der Waals surface area contributed by atoms with E-state index in [-0.39, 0.29) is 16.8 Å². The predicted molar refractivity (Wildman–Crippen MR) is 106 cm³/mol. The number of nitrogens with one attached hydrogen (secondary N) is 1. The van der Waals surface area contributed by atoms with Crippen LogP contribution in [0.4, 0.5) is 0 Å². The molecule has 1 aromatic heterocycles. The third-order valence-corrected chi connectivity index (χ3v) is 7.68. The summed E-state index contributed by atoms with van der Waals surface area (Å²) in [5.41, 5.74) is 1.97. The SMILES string of the molecule is CCN(CC)S(=O)(=O)c1ccc(C(C)NC(=O)c2cc(C)c(C)s2)cc1. The molecular formula is C19H26N2O3S2. The Morgan fingerprint density at radius 2 is 1.73 bits per heavy atom. The maximum absolute atomic E-state index is 12.5. The number of nitrogens with zero attached hydrogens (tertiary/aromatic N) is 1. The lowest BCUT2D eigenvalue weighted by atomic mass is 10.1. The molecule has 7 heteroatoms. The molecule has 0 radical (unpaired) electrons. The molecule has 0 bridgehead atoms. The third-order valence-electron chi connectivity index (χ3n) is 4.46. The zero-order valence-electron chi connectivity index (χ0n) is 15.9. The van der Waals surface area contributed by atoms with E-state index in [1.165, 1.54) is 15.6 Å². The number of benzene rings is 1. The van der Waals surface area contributed by atoms with Crippen LogP contribution in [0.3, 0.4) is 0 Å². The van der Waals surface area contributed by atoms with Crippen LogP contribution in [0.5, 0.6) is 0 Å². The zero-order chi connectivity index (χ0) is 19.5. The fraction of sp³-hybridized carbons (Fsp3) is 0.421. The van der Waals surface area contributed by atoms with Gasteiger partial charge in [0.2, 0.25) is 10.0 Å². The Hall–Kier alpha value is -1.70. The van der Waals surface area contributed by atoms with Crippen molar-refractivity contribution >= 4 is 27.3 Å². The molecule has 0 spiro atoms. The number of hydrogen-bond donors (Lipinski definition) is 1. The Balaban J connectivity index is 2.13. The second kappa shape index (κ2) is 8.33. The Kier molecular flexibility index (Phi) is 6.60. The van der Waals surface area contributed by atoms with Gasteiger partial charge in [-0.25, -0.2) is 8.42 Å². The van der Waals surface area contributed by atoms with Gasteiger partial charge in [0.25, 0.3) is 5.91 Å². The number of aryl methyl sites for hydroxylation is 2. The van der Waals surface area contributed by atoms with Gasteiger partial charge in [-0.05, 0) is 50.1 Å². The number of amides is 1. The van der Waals surface area contributed by atoms with E-state index in [0.29, 0.717) is 18.0 Å². The number of thiophene rings is 1. The Morgan fingerprint density at radius 1 is 1.15 bits per heavy atom. The predicted octanol–water partition coefficient (Wildman–Crippen LogP) is 3.89. The molecule has 0 fully saturated rings. The topological polar surface area (TPSA) is 66.5 Å². The summed E-state index contributed by atoms with van der Waals surface area (Å²) < 4.78 is 26.5. The van der Waals surface area contributed by atoms with E-state index in [1.807, 2.05) is 40.7 Å².